The van der Waals surface area contributed by atoms with Gasteiger partial charge >= 0.3 is 0 Å². The molecule has 4 aromatic rings. The molecule has 0 unspecified atom stereocenters. The molecule has 1 heterocycles. The van der Waals surface area contributed by atoms with Crippen LogP contribution in [0, 0.1) is 11.8 Å². The van der Waals surface area contributed by atoms with Crippen LogP contribution in [0.1, 0.15) is 29.2 Å². The summed E-state index contributed by atoms with van der Waals surface area (Å²) in [6.45, 7) is 2.06. The Hall–Kier alpha value is -4.31. The third-order valence-electron chi connectivity index (χ3n) is 8.70. The zero-order chi connectivity index (χ0) is 24.7. The molecule has 4 nitrogen and oxygen atoms in total. The summed E-state index contributed by atoms with van der Waals surface area (Å²) in [4.78, 5) is 42.8. The molecule has 2 bridgehead atoms. The highest BCUT2D eigenvalue weighted by molar-refractivity contribution is 6.25. The van der Waals surface area contributed by atoms with Crippen LogP contribution in [-0.2, 0) is 25.2 Å². The van der Waals surface area contributed by atoms with Gasteiger partial charge in [0.25, 0.3) is 0 Å². The van der Waals surface area contributed by atoms with Crippen LogP contribution in [0.3, 0.4) is 0 Å². The van der Waals surface area contributed by atoms with Crippen molar-refractivity contribution in [3.05, 3.63) is 125 Å². The van der Waals surface area contributed by atoms with Crippen molar-refractivity contribution in [3.8, 4) is 11.1 Å². The third kappa shape index (κ3) is 2.32. The average molecular weight is 470 g/mol. The molecule has 0 radical (unpaired) electrons. The van der Waals surface area contributed by atoms with E-state index < -0.39 is 22.7 Å². The predicted molar refractivity (Wildman–Crippen MR) is 138 cm³/mol. The van der Waals surface area contributed by atoms with Crippen molar-refractivity contribution in [1.82, 2.24) is 0 Å². The Morgan fingerprint density at radius 2 is 1.08 bits per heavy atom. The molecule has 4 aromatic carbocycles. The number of rotatable bonds is 3. The van der Waals surface area contributed by atoms with Gasteiger partial charge in [-0.1, -0.05) is 97.9 Å². The lowest BCUT2D eigenvalue weighted by Crippen LogP contribution is -2.61. The standard InChI is InChI=1S/C32H23NO3/c1-31-23-11-5-7-13-25(23)32(19-34,26-14-8-6-12-24(26)31)28-27(31)29(35)33(30(28)36)22-17-15-21(16-18-22)20-9-3-2-4-10-20/h2-19,27-28H,1H3/t27-,28-,31?,32?/m0/s1. The molecule has 36 heavy (non-hydrogen) atoms. The Balaban J connectivity index is 1.42. The summed E-state index contributed by atoms with van der Waals surface area (Å²) in [5, 5.41) is 0. The van der Waals surface area contributed by atoms with Crippen molar-refractivity contribution >= 4 is 23.8 Å². The zero-order valence-electron chi connectivity index (χ0n) is 19.7. The molecule has 2 atom stereocenters. The fraction of sp³-hybridized carbons (Fsp3) is 0.156. The van der Waals surface area contributed by atoms with E-state index in [2.05, 4.69) is 6.92 Å². The van der Waals surface area contributed by atoms with Crippen LogP contribution in [0.5, 0.6) is 0 Å². The van der Waals surface area contributed by atoms with E-state index >= 15 is 0 Å². The van der Waals surface area contributed by atoms with Gasteiger partial charge in [-0.25, -0.2) is 4.90 Å². The van der Waals surface area contributed by atoms with Crippen LogP contribution in [-0.4, -0.2) is 18.1 Å². The molecule has 4 heteroatoms. The molecule has 0 N–H and O–H groups in total. The summed E-state index contributed by atoms with van der Waals surface area (Å²) < 4.78 is 0. The lowest BCUT2D eigenvalue weighted by atomic mass is 9.42. The fourth-order valence-corrected chi connectivity index (χ4v) is 7.15. The number of amides is 2. The molecule has 0 saturated carbocycles. The summed E-state index contributed by atoms with van der Waals surface area (Å²) in [5.74, 6) is -1.99. The largest absolute Gasteiger partial charge is 0.302 e. The average Bonchev–Trinajstić information content (AvgIpc) is 3.21. The SMILES string of the molecule is CC12c3ccccc3C(C=O)(c3ccccc31)[C@@H]1C(=O)N(c3ccc(-c4ccccc4)cc3)C(=O)[C@H]12. The van der Waals surface area contributed by atoms with E-state index in [4.69, 9.17) is 0 Å². The number of hydrogen-bond acceptors (Lipinski definition) is 3. The molecule has 174 valence electrons. The number of anilines is 1. The topological polar surface area (TPSA) is 54.5 Å². The summed E-state index contributed by atoms with van der Waals surface area (Å²) in [6, 6.07) is 33.1. The Kier molecular flexibility index (Phi) is 4.15. The molecule has 4 aliphatic rings. The second-order valence-corrected chi connectivity index (χ2v) is 10.2. The second kappa shape index (κ2) is 7.11. The maximum Gasteiger partial charge on any atom is 0.239 e. The first-order chi connectivity index (χ1) is 17.5. The zero-order valence-corrected chi connectivity index (χ0v) is 19.7. The highest BCUT2D eigenvalue weighted by atomic mass is 16.2. The Morgan fingerprint density at radius 3 is 1.64 bits per heavy atom. The van der Waals surface area contributed by atoms with E-state index in [1.165, 1.54) is 4.90 Å². The molecule has 0 spiro atoms. The molecule has 1 saturated heterocycles. The van der Waals surface area contributed by atoms with E-state index in [1.54, 1.807) is 0 Å². The van der Waals surface area contributed by atoms with Crippen molar-refractivity contribution in [2.24, 2.45) is 11.8 Å². The highest BCUT2D eigenvalue weighted by Crippen LogP contribution is 2.66. The summed E-state index contributed by atoms with van der Waals surface area (Å²) in [7, 11) is 0. The van der Waals surface area contributed by atoms with Crippen molar-refractivity contribution in [3.63, 3.8) is 0 Å². The molecule has 2 amide bonds. The Bertz CT molecular complexity index is 1520. The third-order valence-corrected chi connectivity index (χ3v) is 8.70. The van der Waals surface area contributed by atoms with Gasteiger partial charge < -0.3 is 4.79 Å². The van der Waals surface area contributed by atoms with E-state index in [0.29, 0.717) is 5.69 Å². The van der Waals surface area contributed by atoms with Crippen molar-refractivity contribution in [2.75, 3.05) is 4.90 Å². The molecular formula is C32H23NO3. The van der Waals surface area contributed by atoms with Crippen molar-refractivity contribution in [2.45, 2.75) is 17.8 Å². The molecule has 1 fully saturated rings. The number of benzene rings is 4. The predicted octanol–water partition coefficient (Wildman–Crippen LogP) is 5.28. The van der Waals surface area contributed by atoms with E-state index in [1.807, 2.05) is 103 Å². The first-order valence-electron chi connectivity index (χ1n) is 12.2. The van der Waals surface area contributed by atoms with Gasteiger partial charge in [-0.05, 0) is 45.5 Å². The maximum absolute atomic E-state index is 14.2. The minimum Gasteiger partial charge on any atom is -0.302 e. The first kappa shape index (κ1) is 21.0. The first-order valence-corrected chi connectivity index (χ1v) is 12.2. The van der Waals surface area contributed by atoms with Crippen LogP contribution in [0.25, 0.3) is 11.1 Å². The summed E-state index contributed by atoms with van der Waals surface area (Å²) >= 11 is 0. The van der Waals surface area contributed by atoms with E-state index in [9.17, 15) is 14.4 Å². The lowest BCUT2D eigenvalue weighted by Gasteiger charge is -2.56. The van der Waals surface area contributed by atoms with Gasteiger partial charge in [-0.15, -0.1) is 0 Å². The fourth-order valence-electron chi connectivity index (χ4n) is 7.15. The molecule has 3 aliphatic carbocycles. The summed E-state index contributed by atoms with van der Waals surface area (Å²) in [5.41, 5.74) is 4.29. The van der Waals surface area contributed by atoms with Gasteiger partial charge in [0, 0.05) is 5.41 Å². The number of hydrogen-bond donors (Lipinski definition) is 0. The molecular weight excluding hydrogens is 446 g/mol. The van der Waals surface area contributed by atoms with Crippen LogP contribution in [0.15, 0.2) is 103 Å². The van der Waals surface area contributed by atoms with Crippen LogP contribution < -0.4 is 4.90 Å². The van der Waals surface area contributed by atoms with Crippen LogP contribution >= 0.6 is 0 Å². The van der Waals surface area contributed by atoms with Crippen LogP contribution in [0.4, 0.5) is 5.69 Å². The van der Waals surface area contributed by atoms with Gasteiger partial charge in [0.15, 0.2) is 0 Å². The normalized spacial score (nSPS) is 27.4. The second-order valence-electron chi connectivity index (χ2n) is 10.2. The lowest BCUT2D eigenvalue weighted by molar-refractivity contribution is -0.129. The number of carbonyl (C=O) groups is 3. The molecule has 8 rings (SSSR count). The van der Waals surface area contributed by atoms with Gasteiger partial charge in [-0.3, -0.25) is 9.59 Å². The minimum atomic E-state index is -1.19. The maximum atomic E-state index is 14.2. The Morgan fingerprint density at radius 1 is 0.611 bits per heavy atom. The van der Waals surface area contributed by atoms with E-state index in [-0.39, 0.29) is 11.8 Å². The van der Waals surface area contributed by atoms with Crippen molar-refractivity contribution in [1.29, 1.82) is 0 Å². The number of nitrogens with zero attached hydrogens (tertiary/aromatic N) is 1. The van der Waals surface area contributed by atoms with Gasteiger partial charge in [0.05, 0.1) is 22.9 Å². The number of carbonyl (C=O) groups excluding carboxylic acids is 3. The van der Waals surface area contributed by atoms with Crippen molar-refractivity contribution < 1.29 is 14.4 Å². The monoisotopic (exact) mass is 469 g/mol. The minimum absolute atomic E-state index is 0.241. The van der Waals surface area contributed by atoms with Gasteiger partial charge in [-0.2, -0.15) is 0 Å². The van der Waals surface area contributed by atoms with E-state index in [0.717, 1.165) is 39.7 Å². The van der Waals surface area contributed by atoms with Gasteiger partial charge in [0.2, 0.25) is 11.8 Å². The highest BCUT2D eigenvalue weighted by Gasteiger charge is 2.72. The Labute approximate surface area is 209 Å². The van der Waals surface area contributed by atoms with Gasteiger partial charge in [0.1, 0.15) is 6.29 Å². The smallest absolute Gasteiger partial charge is 0.239 e. The van der Waals surface area contributed by atoms with Crippen LogP contribution in [0.2, 0.25) is 0 Å². The molecule has 0 aromatic heterocycles. The quantitative estimate of drug-likeness (QED) is 0.303. The number of aldehydes is 1. The summed E-state index contributed by atoms with van der Waals surface area (Å²) in [6.07, 6.45) is 0.911. The number of imide groups is 1. The molecule has 1 aliphatic heterocycles.